The van der Waals surface area contributed by atoms with Gasteiger partial charge in [0.2, 0.25) is 17.7 Å². The maximum absolute atomic E-state index is 12.3. The van der Waals surface area contributed by atoms with Crippen LogP contribution in [0.1, 0.15) is 78.5 Å². The molecule has 3 amide bonds. The third-order valence-corrected chi connectivity index (χ3v) is 21.0. The van der Waals surface area contributed by atoms with Crippen LogP contribution in [-0.4, -0.2) is 141 Å². The summed E-state index contributed by atoms with van der Waals surface area (Å²) < 4.78 is 30.5. The third kappa shape index (κ3) is 15.3. The number of thiophene rings is 1. The van der Waals surface area contributed by atoms with E-state index >= 15 is 0 Å². The summed E-state index contributed by atoms with van der Waals surface area (Å²) in [7, 11) is 2.02. The van der Waals surface area contributed by atoms with Gasteiger partial charge in [-0.2, -0.15) is 15.3 Å². The van der Waals surface area contributed by atoms with Crippen LogP contribution in [0.25, 0.3) is 77.8 Å². The predicted molar refractivity (Wildman–Crippen MR) is 417 cm³/mol. The number of carbonyl (C=O) groups is 3. The quantitative estimate of drug-likeness (QED) is 0.0672. The van der Waals surface area contributed by atoms with Crippen LogP contribution in [-0.2, 0) is 41.3 Å². The number of piperidine rings is 3. The van der Waals surface area contributed by atoms with Crippen molar-refractivity contribution in [3.8, 4) is 51.0 Å². The first-order valence-corrected chi connectivity index (χ1v) is 36.9. The van der Waals surface area contributed by atoms with E-state index in [1.54, 1.807) is 44.2 Å². The summed E-state index contributed by atoms with van der Waals surface area (Å²) in [6.07, 6.45) is 15.6. The van der Waals surface area contributed by atoms with E-state index < -0.39 is 0 Å². The lowest BCUT2D eigenvalue weighted by atomic mass is 10.1. The monoisotopic (exact) mass is 1530 g/mol. The number of fused-ring (bicyclic) bond motifs is 4. The molecule has 0 unspecified atom stereocenters. The zero-order valence-corrected chi connectivity index (χ0v) is 62.1. The topological polar surface area (TPSA) is 328 Å². The van der Waals surface area contributed by atoms with Crippen LogP contribution < -0.4 is 31.4 Å². The van der Waals surface area contributed by atoms with Gasteiger partial charge >= 0.3 is 0 Å². The minimum Gasteiger partial charge on any atom is -0.487 e. The number of carbonyl (C=O) groups excluding carboxylic acids is 3. The van der Waals surface area contributed by atoms with Crippen LogP contribution in [0, 0.1) is 6.92 Å². The van der Waals surface area contributed by atoms with E-state index in [2.05, 4.69) is 77.7 Å². The highest BCUT2D eigenvalue weighted by molar-refractivity contribution is 7.09. The van der Waals surface area contributed by atoms with Crippen molar-refractivity contribution >= 4 is 125 Å². The number of benzene rings is 4. The number of aryl methyl sites for hydroxylation is 2. The first-order chi connectivity index (χ1) is 52.4. The number of rotatable bonds is 18. The summed E-state index contributed by atoms with van der Waals surface area (Å²) in [5.41, 5.74) is 27.8. The van der Waals surface area contributed by atoms with Crippen molar-refractivity contribution in [2.75, 3.05) is 56.5 Å². The summed E-state index contributed by atoms with van der Waals surface area (Å²) >= 11 is 21.4. The number of anilines is 3. The number of nitrogen functional groups attached to an aromatic ring is 3. The molecule has 0 spiro atoms. The van der Waals surface area contributed by atoms with Gasteiger partial charge in [-0.1, -0.05) is 84.0 Å². The highest BCUT2D eigenvalue weighted by Crippen LogP contribution is 2.42. The van der Waals surface area contributed by atoms with E-state index in [1.807, 2.05) is 100 Å². The molecule has 9 aromatic heterocycles. The Hall–Kier alpha value is -11.7. The van der Waals surface area contributed by atoms with E-state index in [-0.39, 0.29) is 42.5 Å². The molecule has 16 rings (SSSR count). The van der Waals surface area contributed by atoms with Gasteiger partial charge in [0.1, 0.15) is 102 Å². The molecule has 3 atom stereocenters. The highest BCUT2D eigenvalue weighted by Gasteiger charge is 2.32. The van der Waals surface area contributed by atoms with E-state index in [9.17, 15) is 14.4 Å². The lowest BCUT2D eigenvalue weighted by molar-refractivity contribution is -0.128. The number of hydrogen-bond acceptors (Lipinski definition) is 21. The smallest absolute Gasteiger partial charge is 0.246 e. The second-order valence-electron chi connectivity index (χ2n) is 26.2. The second kappa shape index (κ2) is 32.2. The van der Waals surface area contributed by atoms with Crippen molar-refractivity contribution < 1.29 is 33.1 Å². The number of nitrogens with two attached hydrogens (primary N) is 3. The van der Waals surface area contributed by atoms with Crippen molar-refractivity contribution in [2.24, 2.45) is 7.05 Å². The Morgan fingerprint density at radius 2 is 0.963 bits per heavy atom. The Bertz CT molecular complexity index is 5560. The SMILES string of the molecule is C=CC(=O)N1CCC[C@@H](n2nc(-c3ccc(OCc4cc(C)on4)c(Cl)c3)c3c(N)ncnc32)C1.C=CC(=O)N1CCC[C@@H](n2nc(-c3ccc(OCc4cccs4)c(Cl)c3)c3c(N)ncnc32)C1.C=CC(=O)N1CCC[C@@H](n2nc(-c3ccc(OCc4cn(C)c5ccccc45)c(Cl)c3)c3c(N)ncnc32)C1. The van der Waals surface area contributed by atoms with Crippen LogP contribution >= 0.6 is 46.1 Å². The summed E-state index contributed by atoms with van der Waals surface area (Å²) in [4.78, 5) is 69.2. The molecule has 0 saturated carbocycles. The maximum Gasteiger partial charge on any atom is 0.246 e. The number of hydrogen-bond donors (Lipinski definition) is 3. The number of ether oxygens (including phenoxy) is 3. The van der Waals surface area contributed by atoms with Gasteiger partial charge in [0, 0.05) is 96.6 Å². The van der Waals surface area contributed by atoms with Crippen LogP contribution in [0.3, 0.4) is 0 Å². The molecule has 3 aliphatic heterocycles. The van der Waals surface area contributed by atoms with Gasteiger partial charge in [-0.25, -0.2) is 43.9 Å². The van der Waals surface area contributed by atoms with Gasteiger partial charge < -0.3 is 55.2 Å². The Labute approximate surface area is 638 Å². The molecule has 0 aliphatic carbocycles. The summed E-state index contributed by atoms with van der Waals surface area (Å²) in [5, 5.41) is 25.1. The van der Waals surface area contributed by atoms with E-state index in [1.165, 1.54) is 37.2 Å². The molecular formula is C77H75Cl3N20O7S. The van der Waals surface area contributed by atoms with Gasteiger partial charge in [0.05, 0.1) is 49.4 Å². The van der Waals surface area contributed by atoms with Crippen molar-refractivity contribution in [1.29, 1.82) is 0 Å². The summed E-state index contributed by atoms with van der Waals surface area (Å²) in [5.74, 6) is 3.13. The number of para-hydroxylation sites is 1. The lowest BCUT2D eigenvalue weighted by Crippen LogP contribution is -2.40. The second-order valence-corrected chi connectivity index (χ2v) is 28.5. The number of likely N-dealkylation sites (tertiary alicyclic amines) is 3. The van der Waals surface area contributed by atoms with Crippen LogP contribution in [0.2, 0.25) is 15.1 Å². The molecule has 3 aliphatic rings. The molecule has 0 bridgehead atoms. The third-order valence-electron chi connectivity index (χ3n) is 19.2. The average molecular weight is 1530 g/mol. The molecule has 12 heterocycles. The molecule has 27 nitrogen and oxygen atoms in total. The minimum atomic E-state index is -0.0938. The standard InChI is InChI=1S/C29H28ClN7O2.C24H24ClN7O3.C24H23ClN6O2S/c1-3-25(38)36-12-6-7-20(15-36)37-29-26(28(31)32-17-33-29)27(34-37)18-10-11-24(22(30)13-18)39-16-19-14-35(2)23-9-5-4-8-21(19)23;1-3-20(33)31-8-4-5-17(11-31)32-24-21(23(26)27-13-28-24)22(29-32)15-6-7-19(18(25)10-15)34-12-16-9-14(2)35-30-16;1-2-20(32)30-9-3-5-16(12-30)31-24-21(23(26)27-14-28-24)22(29-31)15-7-8-19(18(25)11-15)33-13-17-6-4-10-34-17/h3-5,8-11,13-14,17,20H,1,6-7,12,15-16H2,2H3,(H2,31,32,33);3,6-7,9-10,13,17H,1,4-5,8,11-12H2,2H3,(H2,26,27,28);2,4,6-8,10-11,14,16H,1,3,5,9,12-13H2,(H2,26,27,28)/t20-;17-;16-/m111/s1. The first-order valence-electron chi connectivity index (χ1n) is 34.9. The van der Waals surface area contributed by atoms with Gasteiger partial charge in [0.15, 0.2) is 16.9 Å². The van der Waals surface area contributed by atoms with Gasteiger partial charge in [-0.3, -0.25) is 14.4 Å². The lowest BCUT2D eigenvalue weighted by Gasteiger charge is -2.32. The Kier molecular flexibility index (Phi) is 21.8. The summed E-state index contributed by atoms with van der Waals surface area (Å²) in [6.45, 7) is 17.4. The molecule has 552 valence electrons. The largest absolute Gasteiger partial charge is 0.487 e. The van der Waals surface area contributed by atoms with Crippen molar-refractivity contribution in [3.63, 3.8) is 0 Å². The zero-order chi connectivity index (χ0) is 75.3. The van der Waals surface area contributed by atoms with Gasteiger partial charge in [-0.15, -0.1) is 11.3 Å². The fraction of sp³-hybridized carbons (Fsp3) is 0.260. The molecule has 3 fully saturated rings. The molecule has 6 N–H and O–H groups in total. The van der Waals surface area contributed by atoms with Crippen molar-refractivity contribution in [3.05, 3.63) is 203 Å². The maximum atomic E-state index is 12.3. The Balaban J connectivity index is 0.000000136. The predicted octanol–water partition coefficient (Wildman–Crippen LogP) is 13.8. The van der Waals surface area contributed by atoms with Gasteiger partial charge in [0.25, 0.3) is 0 Å². The number of aromatic nitrogens is 14. The molecular weight excluding hydrogens is 1460 g/mol. The van der Waals surface area contributed by atoms with Crippen LogP contribution in [0.5, 0.6) is 17.2 Å². The summed E-state index contributed by atoms with van der Waals surface area (Å²) in [6, 6.07) is 30.5. The van der Waals surface area contributed by atoms with Crippen molar-refractivity contribution in [1.82, 2.24) is 83.7 Å². The van der Waals surface area contributed by atoms with E-state index in [4.69, 9.17) is 86.0 Å². The molecule has 3 saturated heterocycles. The average Bonchev–Trinajstić information content (AvgIpc) is 1.62. The Morgan fingerprint density at radius 3 is 1.35 bits per heavy atom. The molecule has 4 aromatic carbocycles. The first kappa shape index (κ1) is 73.2. The molecule has 31 heteroatoms. The Morgan fingerprint density at radius 1 is 0.546 bits per heavy atom. The van der Waals surface area contributed by atoms with Crippen molar-refractivity contribution in [2.45, 2.75) is 83.4 Å². The fourth-order valence-electron chi connectivity index (χ4n) is 14.0. The molecule has 0 radical (unpaired) electrons. The normalized spacial score (nSPS) is 15.9. The van der Waals surface area contributed by atoms with Crippen LogP contribution in [0.15, 0.2) is 170 Å². The zero-order valence-electron chi connectivity index (χ0n) is 59.1. The number of nitrogens with zero attached hydrogens (tertiary/aromatic N) is 17. The highest BCUT2D eigenvalue weighted by atomic mass is 35.5. The fourth-order valence-corrected chi connectivity index (χ4v) is 15.3. The van der Waals surface area contributed by atoms with E-state index in [0.717, 1.165) is 76.6 Å². The molecule has 13 aromatic rings. The van der Waals surface area contributed by atoms with Crippen LogP contribution in [0.4, 0.5) is 17.5 Å². The van der Waals surface area contributed by atoms with E-state index in [0.29, 0.717) is 164 Å². The minimum absolute atomic E-state index is 0.0351. The number of halogens is 3. The molecule has 108 heavy (non-hydrogen) atoms. The number of amides is 3. The van der Waals surface area contributed by atoms with Gasteiger partial charge in [-0.05, 0) is 136 Å².